The van der Waals surface area contributed by atoms with E-state index in [1.54, 1.807) is 25.3 Å². The predicted octanol–water partition coefficient (Wildman–Crippen LogP) is 2.67. The first-order valence-corrected chi connectivity index (χ1v) is 7.13. The Morgan fingerprint density at radius 1 is 1.52 bits per heavy atom. The van der Waals surface area contributed by atoms with Crippen LogP contribution in [-0.2, 0) is 9.53 Å². The molecule has 1 aromatic rings. The minimum absolute atomic E-state index is 0.136. The number of carbonyl (C=O) groups excluding carboxylic acids is 1. The van der Waals surface area contributed by atoms with E-state index in [4.69, 9.17) is 10.00 Å². The topological polar surface area (TPSA) is 105 Å². The second kappa shape index (κ2) is 7.91. The summed E-state index contributed by atoms with van der Waals surface area (Å²) < 4.78 is 4.79. The van der Waals surface area contributed by atoms with Crippen molar-refractivity contribution in [3.63, 3.8) is 0 Å². The molecule has 0 radical (unpaired) electrons. The zero-order valence-electron chi connectivity index (χ0n) is 11.5. The Bertz CT molecular complexity index is 622. The zero-order chi connectivity index (χ0) is 15.8. The van der Waals surface area contributed by atoms with Crippen molar-refractivity contribution in [1.82, 2.24) is 0 Å². The predicted molar refractivity (Wildman–Crippen MR) is 79.5 cm³/mol. The van der Waals surface area contributed by atoms with Crippen molar-refractivity contribution < 1.29 is 14.5 Å². The Hall–Kier alpha value is -2.53. The maximum atomic E-state index is 11.7. The summed E-state index contributed by atoms with van der Waals surface area (Å²) in [7, 11) is 0. The van der Waals surface area contributed by atoms with Crippen molar-refractivity contribution in [3.05, 3.63) is 45.0 Å². The van der Waals surface area contributed by atoms with E-state index in [0.717, 1.165) is 11.8 Å². The first-order valence-electron chi connectivity index (χ1n) is 5.91. The van der Waals surface area contributed by atoms with Gasteiger partial charge in [0.05, 0.1) is 16.6 Å². The average molecular weight is 307 g/mol. The number of nitro groups is 1. The van der Waals surface area contributed by atoms with Gasteiger partial charge in [-0.1, -0.05) is 12.1 Å². The fourth-order valence-electron chi connectivity index (χ4n) is 1.47. The molecule has 0 aliphatic heterocycles. The second-order valence-corrected chi connectivity index (χ2v) is 4.46. The first kappa shape index (κ1) is 16.5. The summed E-state index contributed by atoms with van der Waals surface area (Å²) in [5.41, 5.74) is -0.170. The molecular weight excluding hydrogens is 294 g/mol. The number of benzene rings is 1. The van der Waals surface area contributed by atoms with Gasteiger partial charge in [-0.05, 0) is 19.2 Å². The maximum absolute atomic E-state index is 11.7. The Kier molecular flexibility index (Phi) is 6.23. The largest absolute Gasteiger partial charge is 0.462 e. The molecule has 21 heavy (non-hydrogen) atoms. The highest BCUT2D eigenvalue weighted by molar-refractivity contribution is 8.02. The van der Waals surface area contributed by atoms with Gasteiger partial charge in [0.2, 0.25) is 0 Å². The van der Waals surface area contributed by atoms with Crippen LogP contribution in [0.15, 0.2) is 34.9 Å². The number of rotatable bonds is 6. The molecule has 1 N–H and O–H groups in total. The molecule has 0 aliphatic carbocycles. The highest BCUT2D eigenvalue weighted by Crippen LogP contribution is 2.28. The van der Waals surface area contributed by atoms with Crippen LogP contribution in [0.2, 0.25) is 0 Å². The molecular formula is C13H13N3O4S. The number of nitrogens with one attached hydrogen (secondary N) is 1. The van der Waals surface area contributed by atoms with Crippen molar-refractivity contribution in [3.8, 4) is 6.07 Å². The third kappa shape index (κ3) is 4.22. The number of nitrogens with zero attached hydrogens (tertiary/aromatic N) is 2. The van der Waals surface area contributed by atoms with E-state index < -0.39 is 10.9 Å². The third-order valence-corrected chi connectivity index (χ3v) is 3.09. The SMILES string of the molecule is CCOC(=O)/C(C#N)=C(\Nc1ccccc1[N+](=O)[O-])SC. The molecule has 0 amide bonds. The molecule has 0 saturated carbocycles. The van der Waals surface area contributed by atoms with Crippen LogP contribution < -0.4 is 5.32 Å². The van der Waals surface area contributed by atoms with Gasteiger partial charge in [0.15, 0.2) is 5.57 Å². The molecule has 7 nitrogen and oxygen atoms in total. The first-order chi connectivity index (χ1) is 10.0. The van der Waals surface area contributed by atoms with Gasteiger partial charge in [-0.15, -0.1) is 11.8 Å². The lowest BCUT2D eigenvalue weighted by Gasteiger charge is -2.10. The van der Waals surface area contributed by atoms with Crippen LogP contribution in [0.5, 0.6) is 0 Å². The Labute approximate surface area is 125 Å². The Balaban J connectivity index is 3.21. The molecule has 110 valence electrons. The molecule has 0 heterocycles. The van der Waals surface area contributed by atoms with Crippen molar-refractivity contribution in [2.45, 2.75) is 6.92 Å². The lowest BCUT2D eigenvalue weighted by Crippen LogP contribution is -2.12. The van der Waals surface area contributed by atoms with Crippen LogP contribution in [0.4, 0.5) is 11.4 Å². The van der Waals surface area contributed by atoms with Crippen molar-refractivity contribution in [1.29, 1.82) is 5.26 Å². The number of ether oxygens (including phenoxy) is 1. The highest BCUT2D eigenvalue weighted by Gasteiger charge is 2.19. The summed E-state index contributed by atoms with van der Waals surface area (Å²) in [5.74, 6) is -0.768. The van der Waals surface area contributed by atoms with E-state index >= 15 is 0 Å². The maximum Gasteiger partial charge on any atom is 0.351 e. The normalized spacial score (nSPS) is 11.1. The number of carbonyl (C=O) groups is 1. The number of nitriles is 1. The summed E-state index contributed by atoms with van der Waals surface area (Å²) in [5, 5.41) is 23.0. The van der Waals surface area contributed by atoms with Gasteiger partial charge in [0.25, 0.3) is 5.69 Å². The van der Waals surface area contributed by atoms with E-state index in [1.165, 1.54) is 18.2 Å². The van der Waals surface area contributed by atoms with Gasteiger partial charge in [0.1, 0.15) is 11.8 Å². The monoisotopic (exact) mass is 307 g/mol. The number of thioether (sulfide) groups is 1. The summed E-state index contributed by atoms with van der Waals surface area (Å²) in [4.78, 5) is 22.1. The smallest absolute Gasteiger partial charge is 0.351 e. The molecule has 0 atom stereocenters. The zero-order valence-corrected chi connectivity index (χ0v) is 12.3. The van der Waals surface area contributed by atoms with Crippen molar-refractivity contribution in [2.24, 2.45) is 0 Å². The van der Waals surface area contributed by atoms with E-state index in [9.17, 15) is 14.9 Å². The van der Waals surface area contributed by atoms with Crippen LogP contribution in [0.25, 0.3) is 0 Å². The summed E-state index contributed by atoms with van der Waals surface area (Å²) in [6.45, 7) is 1.76. The van der Waals surface area contributed by atoms with Gasteiger partial charge in [-0.2, -0.15) is 5.26 Å². The molecule has 0 saturated heterocycles. The van der Waals surface area contributed by atoms with Crippen LogP contribution in [0.3, 0.4) is 0 Å². The summed E-state index contributed by atoms with van der Waals surface area (Å²) in [6, 6.07) is 7.73. The fraction of sp³-hybridized carbons (Fsp3) is 0.231. The molecule has 0 aliphatic rings. The van der Waals surface area contributed by atoms with Gasteiger partial charge in [0, 0.05) is 6.07 Å². The highest BCUT2D eigenvalue weighted by atomic mass is 32.2. The van der Waals surface area contributed by atoms with Crippen LogP contribution >= 0.6 is 11.8 Å². The summed E-state index contributed by atoms with van der Waals surface area (Å²) >= 11 is 1.09. The van der Waals surface area contributed by atoms with Crippen LogP contribution in [0, 0.1) is 21.4 Å². The molecule has 0 unspecified atom stereocenters. The minimum Gasteiger partial charge on any atom is -0.462 e. The second-order valence-electron chi connectivity index (χ2n) is 3.64. The number of hydrogen-bond acceptors (Lipinski definition) is 7. The standard InChI is InChI=1S/C13H13N3O4S/c1-3-20-13(17)9(8-14)12(21-2)15-10-6-4-5-7-11(10)16(18)19/h4-7,15H,3H2,1-2H3/b12-9+. The van der Waals surface area contributed by atoms with Gasteiger partial charge in [-0.25, -0.2) is 4.79 Å². The number of esters is 1. The molecule has 0 fully saturated rings. The van der Waals surface area contributed by atoms with E-state index in [2.05, 4.69) is 5.32 Å². The molecule has 1 aromatic carbocycles. The minimum atomic E-state index is -0.768. The van der Waals surface area contributed by atoms with E-state index in [-0.39, 0.29) is 28.6 Å². The van der Waals surface area contributed by atoms with Crippen LogP contribution in [0.1, 0.15) is 6.92 Å². The van der Waals surface area contributed by atoms with E-state index in [0.29, 0.717) is 0 Å². The van der Waals surface area contributed by atoms with E-state index in [1.807, 2.05) is 0 Å². The molecule has 0 spiro atoms. The fourth-order valence-corrected chi connectivity index (χ4v) is 2.01. The molecule has 0 bridgehead atoms. The van der Waals surface area contributed by atoms with Crippen molar-refractivity contribution >= 4 is 29.1 Å². The lowest BCUT2D eigenvalue weighted by atomic mass is 10.2. The van der Waals surface area contributed by atoms with Crippen LogP contribution in [-0.4, -0.2) is 23.8 Å². The molecule has 0 aromatic heterocycles. The molecule has 1 rings (SSSR count). The van der Waals surface area contributed by atoms with Crippen molar-refractivity contribution in [2.75, 3.05) is 18.2 Å². The van der Waals surface area contributed by atoms with Gasteiger partial charge >= 0.3 is 5.97 Å². The average Bonchev–Trinajstić information content (AvgIpc) is 2.47. The number of para-hydroxylation sites is 2. The summed E-state index contributed by atoms with van der Waals surface area (Å²) in [6.07, 6.45) is 1.65. The number of nitro benzene ring substituents is 1. The molecule has 8 heteroatoms. The number of hydrogen-bond donors (Lipinski definition) is 1. The quantitative estimate of drug-likeness (QED) is 0.283. The Morgan fingerprint density at radius 3 is 2.71 bits per heavy atom. The lowest BCUT2D eigenvalue weighted by molar-refractivity contribution is -0.383. The van der Waals surface area contributed by atoms with Gasteiger partial charge in [-0.3, -0.25) is 10.1 Å². The Morgan fingerprint density at radius 2 is 2.19 bits per heavy atom. The van der Waals surface area contributed by atoms with Gasteiger partial charge < -0.3 is 10.1 Å². The number of anilines is 1. The third-order valence-electron chi connectivity index (χ3n) is 2.37.